The van der Waals surface area contributed by atoms with Gasteiger partial charge >= 0.3 is 0 Å². The van der Waals surface area contributed by atoms with Crippen molar-refractivity contribution in [1.82, 2.24) is 5.43 Å². The Morgan fingerprint density at radius 1 is 0.880 bits per heavy atom. The summed E-state index contributed by atoms with van der Waals surface area (Å²) in [7, 11) is 0. The molecule has 0 amide bonds. The van der Waals surface area contributed by atoms with Gasteiger partial charge in [0.1, 0.15) is 0 Å². The predicted octanol–water partition coefficient (Wildman–Crippen LogP) is 6.35. The molecule has 1 aliphatic rings. The van der Waals surface area contributed by atoms with Crippen molar-refractivity contribution in [2.24, 2.45) is 0 Å². The first-order valence-electron chi connectivity index (χ1n) is 8.05. The van der Waals surface area contributed by atoms with Gasteiger partial charge in [-0.05, 0) is 47.5 Å². The normalized spacial score (nSPS) is 16.1. The minimum Gasteiger partial charge on any atom is -0.305 e. The number of hydrogen-bond acceptors (Lipinski definition) is 2. The third-order valence-corrected chi connectivity index (χ3v) is 5.08. The van der Waals surface area contributed by atoms with E-state index in [0.29, 0.717) is 0 Å². The summed E-state index contributed by atoms with van der Waals surface area (Å²) in [5.41, 5.74) is 8.06. The molecule has 0 saturated heterocycles. The van der Waals surface area contributed by atoms with Gasteiger partial charge in [-0.3, -0.25) is 5.01 Å². The number of para-hydroxylation sites is 1. The molecular weight excluding hydrogens is 396 g/mol. The van der Waals surface area contributed by atoms with Gasteiger partial charge in [0, 0.05) is 21.3 Å². The van der Waals surface area contributed by atoms with Gasteiger partial charge in [-0.1, -0.05) is 70.0 Å². The Hall–Kier alpha value is -2.23. The SMILES string of the molecule is Clc1ccc(C2C=CNN2c2ccccc2-c2ccc(Br)cc2)cc1. The van der Waals surface area contributed by atoms with Crippen LogP contribution in [0, 0.1) is 0 Å². The van der Waals surface area contributed by atoms with Gasteiger partial charge in [0.15, 0.2) is 0 Å². The Balaban J connectivity index is 1.74. The highest BCUT2D eigenvalue weighted by atomic mass is 79.9. The molecule has 1 heterocycles. The van der Waals surface area contributed by atoms with Crippen LogP contribution in [0.5, 0.6) is 0 Å². The molecular formula is C21H16BrClN2. The first-order valence-corrected chi connectivity index (χ1v) is 9.22. The van der Waals surface area contributed by atoms with Gasteiger partial charge in [-0.15, -0.1) is 0 Å². The fourth-order valence-corrected chi connectivity index (χ4v) is 3.47. The van der Waals surface area contributed by atoms with Crippen LogP contribution in [0.4, 0.5) is 5.69 Å². The summed E-state index contributed by atoms with van der Waals surface area (Å²) in [4.78, 5) is 0. The molecule has 1 N–H and O–H groups in total. The van der Waals surface area contributed by atoms with Gasteiger partial charge < -0.3 is 5.43 Å². The smallest absolute Gasteiger partial charge is 0.0952 e. The van der Waals surface area contributed by atoms with E-state index in [1.807, 2.05) is 18.3 Å². The summed E-state index contributed by atoms with van der Waals surface area (Å²) in [6.07, 6.45) is 4.14. The molecule has 1 aliphatic heterocycles. The number of halogens is 2. The second-order valence-electron chi connectivity index (χ2n) is 5.88. The molecule has 0 aliphatic carbocycles. The summed E-state index contributed by atoms with van der Waals surface area (Å²) in [6.45, 7) is 0. The average Bonchev–Trinajstić information content (AvgIpc) is 3.13. The lowest BCUT2D eigenvalue weighted by atomic mass is 10.0. The quantitative estimate of drug-likeness (QED) is 0.540. The molecule has 124 valence electrons. The van der Waals surface area contributed by atoms with E-state index in [-0.39, 0.29) is 6.04 Å². The Morgan fingerprint density at radius 2 is 1.60 bits per heavy atom. The third-order valence-electron chi connectivity index (χ3n) is 4.30. The Labute approximate surface area is 160 Å². The van der Waals surface area contributed by atoms with E-state index in [4.69, 9.17) is 11.6 Å². The molecule has 0 bridgehead atoms. The van der Waals surface area contributed by atoms with Crippen LogP contribution in [0.3, 0.4) is 0 Å². The second kappa shape index (κ2) is 6.95. The van der Waals surface area contributed by atoms with Gasteiger partial charge in [0.05, 0.1) is 11.7 Å². The first-order chi connectivity index (χ1) is 12.2. The number of anilines is 1. The van der Waals surface area contributed by atoms with Crippen LogP contribution in [0.1, 0.15) is 11.6 Å². The van der Waals surface area contributed by atoms with Crippen LogP contribution in [0.2, 0.25) is 5.02 Å². The Morgan fingerprint density at radius 3 is 2.36 bits per heavy atom. The van der Waals surface area contributed by atoms with Crippen molar-refractivity contribution >= 4 is 33.2 Å². The zero-order chi connectivity index (χ0) is 17.2. The van der Waals surface area contributed by atoms with Crippen LogP contribution < -0.4 is 10.4 Å². The minimum atomic E-state index is 0.119. The van der Waals surface area contributed by atoms with Crippen molar-refractivity contribution in [2.75, 3.05) is 5.01 Å². The van der Waals surface area contributed by atoms with E-state index in [1.165, 1.54) is 16.7 Å². The molecule has 2 nitrogen and oxygen atoms in total. The van der Waals surface area contributed by atoms with E-state index >= 15 is 0 Å². The second-order valence-corrected chi connectivity index (χ2v) is 7.23. The van der Waals surface area contributed by atoms with Crippen LogP contribution in [0.15, 0.2) is 89.5 Å². The summed E-state index contributed by atoms with van der Waals surface area (Å²) in [6, 6.07) is 24.9. The maximum Gasteiger partial charge on any atom is 0.0952 e. The van der Waals surface area contributed by atoms with Crippen molar-refractivity contribution in [3.05, 3.63) is 100 Å². The first kappa shape index (κ1) is 16.2. The monoisotopic (exact) mass is 410 g/mol. The number of hydrazine groups is 1. The van der Waals surface area contributed by atoms with Gasteiger partial charge in [-0.2, -0.15) is 0 Å². The van der Waals surface area contributed by atoms with Crippen molar-refractivity contribution in [3.63, 3.8) is 0 Å². The van der Waals surface area contributed by atoms with E-state index < -0.39 is 0 Å². The molecule has 3 aromatic rings. The molecule has 0 spiro atoms. The lowest BCUT2D eigenvalue weighted by Crippen LogP contribution is -2.32. The highest BCUT2D eigenvalue weighted by Gasteiger charge is 2.24. The average molecular weight is 412 g/mol. The van der Waals surface area contributed by atoms with E-state index in [2.05, 4.69) is 93.1 Å². The zero-order valence-corrected chi connectivity index (χ0v) is 15.7. The minimum absolute atomic E-state index is 0.119. The van der Waals surface area contributed by atoms with Gasteiger partial charge in [0.2, 0.25) is 0 Å². The maximum atomic E-state index is 6.04. The van der Waals surface area contributed by atoms with Crippen molar-refractivity contribution in [2.45, 2.75) is 6.04 Å². The molecule has 1 unspecified atom stereocenters. The maximum absolute atomic E-state index is 6.04. The highest BCUT2D eigenvalue weighted by Crippen LogP contribution is 2.37. The predicted molar refractivity (Wildman–Crippen MR) is 109 cm³/mol. The van der Waals surface area contributed by atoms with Gasteiger partial charge in [-0.25, -0.2) is 0 Å². The molecule has 4 rings (SSSR count). The van der Waals surface area contributed by atoms with Crippen molar-refractivity contribution < 1.29 is 0 Å². The fourth-order valence-electron chi connectivity index (χ4n) is 3.08. The summed E-state index contributed by atoms with van der Waals surface area (Å²) in [5.74, 6) is 0. The Bertz CT molecular complexity index is 904. The molecule has 1 atom stereocenters. The van der Waals surface area contributed by atoms with E-state index in [1.54, 1.807) is 0 Å². The molecule has 25 heavy (non-hydrogen) atoms. The Kier molecular flexibility index (Phi) is 4.51. The molecule has 0 saturated carbocycles. The molecule has 0 aromatic heterocycles. The highest BCUT2D eigenvalue weighted by molar-refractivity contribution is 9.10. The van der Waals surface area contributed by atoms with Crippen LogP contribution in [-0.2, 0) is 0 Å². The standard InChI is InChI=1S/C21H16BrClN2/c22-17-9-5-15(6-10-17)19-3-1-2-4-21(19)25-20(13-14-24-25)16-7-11-18(23)12-8-16/h1-14,20,24H. The molecule has 3 aromatic carbocycles. The fraction of sp³-hybridized carbons (Fsp3) is 0.0476. The lowest BCUT2D eigenvalue weighted by Gasteiger charge is -2.29. The number of benzene rings is 3. The summed E-state index contributed by atoms with van der Waals surface area (Å²) < 4.78 is 1.08. The number of nitrogens with zero attached hydrogens (tertiary/aromatic N) is 1. The van der Waals surface area contributed by atoms with Crippen molar-refractivity contribution in [1.29, 1.82) is 0 Å². The summed E-state index contributed by atoms with van der Waals surface area (Å²) >= 11 is 9.54. The van der Waals surface area contributed by atoms with E-state index in [0.717, 1.165) is 15.2 Å². The topological polar surface area (TPSA) is 15.3 Å². The largest absolute Gasteiger partial charge is 0.305 e. The zero-order valence-electron chi connectivity index (χ0n) is 13.4. The molecule has 4 heteroatoms. The van der Waals surface area contributed by atoms with Crippen LogP contribution >= 0.6 is 27.5 Å². The summed E-state index contributed by atoms with van der Waals surface area (Å²) in [5, 5.41) is 2.93. The van der Waals surface area contributed by atoms with Crippen LogP contribution in [0.25, 0.3) is 11.1 Å². The number of hydrogen-bond donors (Lipinski definition) is 1. The van der Waals surface area contributed by atoms with E-state index in [9.17, 15) is 0 Å². The van der Waals surface area contributed by atoms with Gasteiger partial charge in [0.25, 0.3) is 0 Å². The molecule has 0 radical (unpaired) electrons. The van der Waals surface area contributed by atoms with Crippen molar-refractivity contribution in [3.8, 4) is 11.1 Å². The number of nitrogens with one attached hydrogen (secondary N) is 1. The number of rotatable bonds is 3. The molecule has 0 fully saturated rings. The third kappa shape index (κ3) is 3.30. The van der Waals surface area contributed by atoms with Crippen LogP contribution in [-0.4, -0.2) is 0 Å². The lowest BCUT2D eigenvalue weighted by molar-refractivity contribution is 0.719.